The van der Waals surface area contributed by atoms with E-state index >= 15 is 0 Å². The lowest BCUT2D eigenvalue weighted by atomic mass is 10.1. The van der Waals surface area contributed by atoms with Crippen molar-refractivity contribution in [1.82, 2.24) is 5.32 Å². The van der Waals surface area contributed by atoms with Gasteiger partial charge in [0.2, 0.25) is 0 Å². The van der Waals surface area contributed by atoms with Crippen LogP contribution in [0.25, 0.3) is 0 Å². The lowest BCUT2D eigenvalue weighted by Crippen LogP contribution is -2.38. The van der Waals surface area contributed by atoms with Crippen molar-refractivity contribution in [1.29, 1.82) is 5.41 Å². The standard InChI is InChI=1S/C10H21N3O2/c1-4-8(5-9(11)12)13-10(14)15-6-7(2)3/h7-8H,4-6H2,1-3H3,(H3,11,12)(H,13,14). The van der Waals surface area contributed by atoms with E-state index in [1.54, 1.807) is 0 Å². The SMILES string of the molecule is CCC(CC(=N)N)NC(=O)OCC(C)C. The summed E-state index contributed by atoms with van der Waals surface area (Å²) < 4.78 is 4.96. The second-order valence-electron chi connectivity index (χ2n) is 3.97. The largest absolute Gasteiger partial charge is 0.449 e. The van der Waals surface area contributed by atoms with Gasteiger partial charge in [0, 0.05) is 12.5 Å². The Balaban J connectivity index is 3.85. The average molecular weight is 215 g/mol. The van der Waals surface area contributed by atoms with Crippen LogP contribution in [0.5, 0.6) is 0 Å². The molecule has 0 aromatic carbocycles. The summed E-state index contributed by atoms with van der Waals surface area (Å²) in [4.78, 5) is 11.3. The molecule has 0 saturated carbocycles. The molecule has 0 aromatic heterocycles. The number of alkyl carbamates (subject to hydrolysis) is 1. The second kappa shape index (κ2) is 7.09. The Morgan fingerprint density at radius 2 is 2.13 bits per heavy atom. The summed E-state index contributed by atoms with van der Waals surface area (Å²) in [6, 6.07) is -0.109. The predicted molar refractivity (Wildman–Crippen MR) is 59.9 cm³/mol. The third-order valence-electron chi connectivity index (χ3n) is 1.83. The number of carbonyl (C=O) groups is 1. The Bertz CT molecular complexity index is 217. The maximum absolute atomic E-state index is 11.3. The van der Waals surface area contributed by atoms with E-state index in [0.29, 0.717) is 18.9 Å². The number of carbonyl (C=O) groups excluding carboxylic acids is 1. The molecule has 0 saturated heterocycles. The molecule has 1 amide bonds. The van der Waals surface area contributed by atoms with Crippen molar-refractivity contribution in [3.63, 3.8) is 0 Å². The van der Waals surface area contributed by atoms with E-state index in [1.807, 2.05) is 20.8 Å². The first-order valence-electron chi connectivity index (χ1n) is 5.21. The van der Waals surface area contributed by atoms with Gasteiger partial charge < -0.3 is 15.8 Å². The molecule has 0 spiro atoms. The Hall–Kier alpha value is -1.26. The fourth-order valence-corrected chi connectivity index (χ4v) is 1.01. The van der Waals surface area contributed by atoms with E-state index in [9.17, 15) is 4.79 Å². The van der Waals surface area contributed by atoms with Gasteiger partial charge in [0.25, 0.3) is 0 Å². The monoisotopic (exact) mass is 215 g/mol. The van der Waals surface area contributed by atoms with Crippen molar-refractivity contribution in [2.45, 2.75) is 39.7 Å². The number of hydrogen-bond acceptors (Lipinski definition) is 3. The molecule has 0 aliphatic heterocycles. The average Bonchev–Trinajstić information content (AvgIpc) is 2.13. The molecular weight excluding hydrogens is 194 g/mol. The first kappa shape index (κ1) is 13.7. The first-order chi connectivity index (χ1) is 6.95. The number of hydrogen-bond donors (Lipinski definition) is 3. The normalized spacial score (nSPS) is 12.3. The lowest BCUT2D eigenvalue weighted by Gasteiger charge is -2.16. The molecule has 15 heavy (non-hydrogen) atoms. The summed E-state index contributed by atoms with van der Waals surface area (Å²) >= 11 is 0. The third kappa shape index (κ3) is 7.78. The Morgan fingerprint density at radius 3 is 2.53 bits per heavy atom. The lowest BCUT2D eigenvalue weighted by molar-refractivity contribution is 0.129. The van der Waals surface area contributed by atoms with Crippen LogP contribution in [0.3, 0.4) is 0 Å². The summed E-state index contributed by atoms with van der Waals surface area (Å²) in [5.74, 6) is 0.398. The van der Waals surface area contributed by atoms with Gasteiger partial charge >= 0.3 is 6.09 Å². The van der Waals surface area contributed by atoms with Crippen LogP contribution in [-0.4, -0.2) is 24.6 Å². The molecule has 4 N–H and O–H groups in total. The second-order valence-corrected chi connectivity index (χ2v) is 3.97. The highest BCUT2D eigenvalue weighted by Gasteiger charge is 2.12. The minimum absolute atomic E-state index is 0.0750. The molecule has 0 heterocycles. The zero-order valence-corrected chi connectivity index (χ0v) is 9.67. The topological polar surface area (TPSA) is 88.2 Å². The number of ether oxygens (including phenoxy) is 1. The first-order valence-corrected chi connectivity index (χ1v) is 5.21. The fraction of sp³-hybridized carbons (Fsp3) is 0.800. The molecule has 1 unspecified atom stereocenters. The van der Waals surface area contributed by atoms with E-state index in [-0.39, 0.29) is 11.9 Å². The Labute approximate surface area is 90.9 Å². The van der Waals surface area contributed by atoms with Crippen molar-refractivity contribution >= 4 is 11.9 Å². The molecule has 0 aromatic rings. The molecule has 0 aliphatic rings. The Kier molecular flexibility index (Phi) is 6.49. The van der Waals surface area contributed by atoms with E-state index in [0.717, 1.165) is 6.42 Å². The van der Waals surface area contributed by atoms with Crippen LogP contribution in [-0.2, 0) is 4.74 Å². The molecule has 5 heteroatoms. The van der Waals surface area contributed by atoms with Gasteiger partial charge in [0.15, 0.2) is 0 Å². The van der Waals surface area contributed by atoms with Crippen LogP contribution in [0.15, 0.2) is 0 Å². The van der Waals surface area contributed by atoms with Crippen LogP contribution in [0, 0.1) is 11.3 Å². The van der Waals surface area contributed by atoms with Crippen LogP contribution in [0.4, 0.5) is 4.79 Å². The van der Waals surface area contributed by atoms with Gasteiger partial charge in [-0.15, -0.1) is 0 Å². The molecule has 0 bridgehead atoms. The number of amides is 1. The number of rotatable bonds is 6. The molecule has 0 radical (unpaired) electrons. The highest BCUT2D eigenvalue weighted by atomic mass is 16.5. The number of nitrogens with one attached hydrogen (secondary N) is 2. The van der Waals surface area contributed by atoms with Gasteiger partial charge in [-0.05, 0) is 12.3 Å². The zero-order chi connectivity index (χ0) is 11.8. The van der Waals surface area contributed by atoms with Crippen LogP contribution < -0.4 is 11.1 Å². The van der Waals surface area contributed by atoms with Gasteiger partial charge in [-0.1, -0.05) is 20.8 Å². The smallest absolute Gasteiger partial charge is 0.407 e. The van der Waals surface area contributed by atoms with Crippen molar-refractivity contribution < 1.29 is 9.53 Å². The highest BCUT2D eigenvalue weighted by Crippen LogP contribution is 1.99. The van der Waals surface area contributed by atoms with Gasteiger partial charge in [-0.2, -0.15) is 0 Å². The van der Waals surface area contributed by atoms with E-state index < -0.39 is 6.09 Å². The molecule has 0 rings (SSSR count). The van der Waals surface area contributed by atoms with Crippen molar-refractivity contribution in [3.05, 3.63) is 0 Å². The minimum atomic E-state index is -0.434. The van der Waals surface area contributed by atoms with E-state index in [1.165, 1.54) is 0 Å². The van der Waals surface area contributed by atoms with Crippen LogP contribution in [0.2, 0.25) is 0 Å². The quantitative estimate of drug-likeness (QED) is 0.463. The Morgan fingerprint density at radius 1 is 1.53 bits per heavy atom. The van der Waals surface area contributed by atoms with E-state index in [4.69, 9.17) is 15.9 Å². The molecule has 1 atom stereocenters. The predicted octanol–water partition coefficient (Wildman–Crippen LogP) is 1.47. The molecule has 88 valence electrons. The molecule has 0 aliphatic carbocycles. The third-order valence-corrected chi connectivity index (χ3v) is 1.83. The summed E-state index contributed by atoms with van der Waals surface area (Å²) in [6.07, 6.45) is 0.667. The van der Waals surface area contributed by atoms with E-state index in [2.05, 4.69) is 5.32 Å². The van der Waals surface area contributed by atoms with Crippen molar-refractivity contribution in [2.24, 2.45) is 11.7 Å². The van der Waals surface area contributed by atoms with Gasteiger partial charge in [0.1, 0.15) is 0 Å². The summed E-state index contributed by atoms with van der Waals surface area (Å²) in [5.41, 5.74) is 5.26. The zero-order valence-electron chi connectivity index (χ0n) is 9.67. The number of nitrogens with two attached hydrogens (primary N) is 1. The molecule has 0 fully saturated rings. The summed E-state index contributed by atoms with van der Waals surface area (Å²) in [6.45, 7) is 6.28. The summed E-state index contributed by atoms with van der Waals surface area (Å²) in [7, 11) is 0. The van der Waals surface area contributed by atoms with Gasteiger partial charge in [-0.3, -0.25) is 5.41 Å². The minimum Gasteiger partial charge on any atom is -0.449 e. The number of amidine groups is 1. The molecule has 5 nitrogen and oxygen atoms in total. The summed E-state index contributed by atoms with van der Waals surface area (Å²) in [5, 5.41) is 9.80. The van der Waals surface area contributed by atoms with Gasteiger partial charge in [0.05, 0.1) is 12.4 Å². The maximum Gasteiger partial charge on any atom is 0.407 e. The maximum atomic E-state index is 11.3. The highest BCUT2D eigenvalue weighted by molar-refractivity contribution is 5.78. The van der Waals surface area contributed by atoms with Crippen molar-refractivity contribution in [3.8, 4) is 0 Å². The van der Waals surface area contributed by atoms with Crippen LogP contribution >= 0.6 is 0 Å². The fourth-order valence-electron chi connectivity index (χ4n) is 1.01. The molecular formula is C10H21N3O2. The van der Waals surface area contributed by atoms with Crippen molar-refractivity contribution in [2.75, 3.05) is 6.61 Å². The van der Waals surface area contributed by atoms with Gasteiger partial charge in [-0.25, -0.2) is 4.79 Å². The van der Waals surface area contributed by atoms with Crippen LogP contribution in [0.1, 0.15) is 33.6 Å².